The molecule has 3 aromatic rings. The standard InChI is InChI=1S/C21H24N4O6/c1-9(2)22-21(28)24-18(26)13(6)30-20(27)15-8-16(14-7-10(3)29-12(14)5)23-19-17(15)11(4)25-31-19/h7-9,13H,1-6H3,(H2,22,24,26,28). The number of fused-ring (bicyclic) bond motifs is 1. The number of hydrogen-bond acceptors (Lipinski definition) is 8. The van der Waals surface area contributed by atoms with Gasteiger partial charge in [-0.05, 0) is 53.7 Å². The molecule has 3 heterocycles. The molecule has 0 aliphatic heterocycles. The van der Waals surface area contributed by atoms with E-state index in [1.54, 1.807) is 46.8 Å². The van der Waals surface area contributed by atoms with Crippen LogP contribution < -0.4 is 10.6 Å². The maximum Gasteiger partial charge on any atom is 0.339 e. The zero-order valence-corrected chi connectivity index (χ0v) is 18.2. The maximum atomic E-state index is 12.9. The van der Waals surface area contributed by atoms with Crippen LogP contribution in [-0.2, 0) is 9.53 Å². The molecule has 0 radical (unpaired) electrons. The molecule has 3 aromatic heterocycles. The van der Waals surface area contributed by atoms with E-state index in [0.717, 1.165) is 0 Å². The summed E-state index contributed by atoms with van der Waals surface area (Å²) in [5.41, 5.74) is 1.89. The highest BCUT2D eigenvalue weighted by molar-refractivity contribution is 6.05. The Morgan fingerprint density at radius 1 is 1.10 bits per heavy atom. The number of pyridine rings is 1. The molecule has 0 bridgehead atoms. The summed E-state index contributed by atoms with van der Waals surface area (Å²) in [4.78, 5) is 41.3. The Kier molecular flexibility index (Phi) is 6.09. The molecule has 0 aliphatic carbocycles. The van der Waals surface area contributed by atoms with Gasteiger partial charge in [0.25, 0.3) is 11.6 Å². The number of aryl methyl sites for hydroxylation is 3. The van der Waals surface area contributed by atoms with Gasteiger partial charge >= 0.3 is 12.0 Å². The van der Waals surface area contributed by atoms with Crippen LogP contribution in [0.5, 0.6) is 0 Å². The van der Waals surface area contributed by atoms with Crippen LogP contribution in [0, 0.1) is 20.8 Å². The molecule has 0 spiro atoms. The summed E-state index contributed by atoms with van der Waals surface area (Å²) < 4.78 is 16.1. The van der Waals surface area contributed by atoms with Crippen molar-refractivity contribution in [3.8, 4) is 11.3 Å². The zero-order chi connectivity index (χ0) is 22.9. The number of aromatic nitrogens is 2. The van der Waals surface area contributed by atoms with Gasteiger partial charge < -0.3 is 19.0 Å². The number of carbonyl (C=O) groups excluding carboxylic acids is 3. The van der Waals surface area contributed by atoms with Crippen molar-refractivity contribution >= 4 is 29.0 Å². The Morgan fingerprint density at radius 2 is 1.81 bits per heavy atom. The number of carbonyl (C=O) groups is 3. The third-order valence-corrected chi connectivity index (χ3v) is 4.46. The van der Waals surface area contributed by atoms with E-state index in [0.29, 0.717) is 33.9 Å². The van der Waals surface area contributed by atoms with Gasteiger partial charge in [0.2, 0.25) is 0 Å². The summed E-state index contributed by atoms with van der Waals surface area (Å²) >= 11 is 0. The van der Waals surface area contributed by atoms with Crippen LogP contribution >= 0.6 is 0 Å². The number of esters is 1. The quantitative estimate of drug-likeness (QED) is 0.591. The second-order valence-corrected chi connectivity index (χ2v) is 7.50. The SMILES string of the molecule is Cc1cc(-c2cc(C(=O)OC(C)C(=O)NC(=O)NC(C)C)c3c(C)noc3n2)c(C)o1. The minimum atomic E-state index is -1.21. The van der Waals surface area contributed by atoms with Gasteiger partial charge in [0.05, 0.1) is 22.3 Å². The number of urea groups is 1. The molecule has 31 heavy (non-hydrogen) atoms. The Labute approximate surface area is 178 Å². The molecule has 10 heteroatoms. The molecular formula is C21H24N4O6. The van der Waals surface area contributed by atoms with E-state index in [2.05, 4.69) is 20.8 Å². The zero-order valence-electron chi connectivity index (χ0n) is 18.2. The average Bonchev–Trinajstić information content (AvgIpc) is 3.21. The number of nitrogens with zero attached hydrogens (tertiary/aromatic N) is 2. The van der Waals surface area contributed by atoms with Crippen LogP contribution in [0.15, 0.2) is 21.1 Å². The van der Waals surface area contributed by atoms with Crippen molar-refractivity contribution in [2.24, 2.45) is 0 Å². The van der Waals surface area contributed by atoms with Crippen molar-refractivity contribution in [3.05, 3.63) is 34.9 Å². The van der Waals surface area contributed by atoms with Crippen LogP contribution in [0.2, 0.25) is 0 Å². The van der Waals surface area contributed by atoms with Gasteiger partial charge in [-0.25, -0.2) is 14.6 Å². The smallest absolute Gasteiger partial charge is 0.339 e. The molecule has 10 nitrogen and oxygen atoms in total. The van der Waals surface area contributed by atoms with Crippen molar-refractivity contribution in [1.82, 2.24) is 20.8 Å². The first-order chi connectivity index (χ1) is 14.6. The highest BCUT2D eigenvalue weighted by Gasteiger charge is 2.26. The number of rotatable bonds is 5. The first-order valence-corrected chi connectivity index (χ1v) is 9.73. The highest BCUT2D eigenvalue weighted by Crippen LogP contribution is 2.30. The number of hydrogen-bond donors (Lipinski definition) is 2. The summed E-state index contributed by atoms with van der Waals surface area (Å²) in [7, 11) is 0. The minimum Gasteiger partial charge on any atom is -0.466 e. The van der Waals surface area contributed by atoms with Gasteiger partial charge in [-0.2, -0.15) is 0 Å². The summed E-state index contributed by atoms with van der Waals surface area (Å²) in [5.74, 6) is -0.203. The molecule has 1 atom stereocenters. The minimum absolute atomic E-state index is 0.142. The van der Waals surface area contributed by atoms with E-state index in [9.17, 15) is 14.4 Å². The van der Waals surface area contributed by atoms with Crippen LogP contribution in [0.3, 0.4) is 0 Å². The average molecular weight is 428 g/mol. The Bertz CT molecular complexity index is 1160. The fourth-order valence-corrected chi connectivity index (χ4v) is 3.07. The molecule has 0 aromatic carbocycles. The lowest BCUT2D eigenvalue weighted by Crippen LogP contribution is -2.46. The summed E-state index contributed by atoms with van der Waals surface area (Å²) in [5, 5.41) is 8.93. The Morgan fingerprint density at radius 3 is 2.42 bits per heavy atom. The van der Waals surface area contributed by atoms with Crippen molar-refractivity contribution in [3.63, 3.8) is 0 Å². The van der Waals surface area contributed by atoms with E-state index in [1.807, 2.05) is 0 Å². The molecule has 0 saturated heterocycles. The van der Waals surface area contributed by atoms with Gasteiger partial charge in [0.15, 0.2) is 6.10 Å². The lowest BCUT2D eigenvalue weighted by molar-refractivity contribution is -0.127. The topological polar surface area (TPSA) is 137 Å². The van der Waals surface area contributed by atoms with Crippen molar-refractivity contribution in [1.29, 1.82) is 0 Å². The maximum absolute atomic E-state index is 12.9. The van der Waals surface area contributed by atoms with E-state index >= 15 is 0 Å². The second kappa shape index (κ2) is 8.58. The summed E-state index contributed by atoms with van der Waals surface area (Å²) in [6.45, 7) is 10.1. The lowest BCUT2D eigenvalue weighted by atomic mass is 10.1. The molecule has 0 aliphatic rings. The van der Waals surface area contributed by atoms with E-state index in [-0.39, 0.29) is 17.3 Å². The second-order valence-electron chi connectivity index (χ2n) is 7.50. The van der Waals surface area contributed by atoms with E-state index in [1.165, 1.54) is 6.92 Å². The number of ether oxygens (including phenoxy) is 1. The molecule has 1 unspecified atom stereocenters. The normalized spacial score (nSPS) is 12.1. The van der Waals surface area contributed by atoms with Crippen molar-refractivity contribution in [2.45, 2.75) is 53.7 Å². The monoisotopic (exact) mass is 428 g/mol. The first kappa shape index (κ1) is 22.0. The number of furan rings is 1. The predicted octanol–water partition coefficient (Wildman–Crippen LogP) is 3.19. The van der Waals surface area contributed by atoms with Gasteiger partial charge in [-0.15, -0.1) is 0 Å². The highest BCUT2D eigenvalue weighted by atomic mass is 16.5. The van der Waals surface area contributed by atoms with Gasteiger partial charge in [0, 0.05) is 11.6 Å². The van der Waals surface area contributed by atoms with Crippen LogP contribution in [0.4, 0.5) is 4.79 Å². The summed E-state index contributed by atoms with van der Waals surface area (Å²) in [6.07, 6.45) is -1.21. The van der Waals surface area contributed by atoms with E-state index < -0.39 is 24.0 Å². The van der Waals surface area contributed by atoms with Crippen LogP contribution in [0.25, 0.3) is 22.4 Å². The summed E-state index contributed by atoms with van der Waals surface area (Å²) in [6, 6.07) is 2.52. The van der Waals surface area contributed by atoms with Crippen LogP contribution in [0.1, 0.15) is 48.3 Å². The molecule has 3 amide bonds. The Balaban J connectivity index is 1.89. The number of amides is 3. The number of nitrogens with one attached hydrogen (secondary N) is 2. The lowest BCUT2D eigenvalue weighted by Gasteiger charge is -2.15. The number of imide groups is 1. The van der Waals surface area contributed by atoms with Gasteiger partial charge in [-0.1, -0.05) is 5.16 Å². The van der Waals surface area contributed by atoms with Crippen LogP contribution in [-0.4, -0.2) is 40.2 Å². The van der Waals surface area contributed by atoms with Gasteiger partial charge in [0.1, 0.15) is 11.5 Å². The fraction of sp³-hybridized carbons (Fsp3) is 0.381. The largest absolute Gasteiger partial charge is 0.466 e. The van der Waals surface area contributed by atoms with Gasteiger partial charge in [-0.3, -0.25) is 10.1 Å². The first-order valence-electron chi connectivity index (χ1n) is 9.73. The van der Waals surface area contributed by atoms with Crippen molar-refractivity contribution in [2.75, 3.05) is 0 Å². The predicted molar refractivity (Wildman–Crippen MR) is 110 cm³/mol. The van der Waals surface area contributed by atoms with Crippen molar-refractivity contribution < 1.29 is 28.1 Å². The molecule has 0 fully saturated rings. The Hall–Kier alpha value is -3.69. The molecular weight excluding hydrogens is 404 g/mol. The molecule has 2 N–H and O–H groups in total. The molecule has 0 saturated carbocycles. The third-order valence-electron chi connectivity index (χ3n) is 4.46. The molecule has 3 rings (SSSR count). The molecule has 164 valence electrons. The third kappa shape index (κ3) is 4.73. The van der Waals surface area contributed by atoms with E-state index in [4.69, 9.17) is 13.7 Å². The fourth-order valence-electron chi connectivity index (χ4n) is 3.07.